The number of hydrogen-bond donors (Lipinski definition) is 2. The molecule has 0 bridgehead atoms. The maximum absolute atomic E-state index is 9.45. The molecule has 3 N–H and O–H groups in total. The van der Waals surface area contributed by atoms with Gasteiger partial charge >= 0.3 is 0 Å². The van der Waals surface area contributed by atoms with Gasteiger partial charge in [-0.25, -0.2) is 10.1 Å². The van der Waals surface area contributed by atoms with Crippen LogP contribution >= 0.6 is 0 Å². The van der Waals surface area contributed by atoms with Gasteiger partial charge in [-0.3, -0.25) is 5.21 Å². The van der Waals surface area contributed by atoms with Gasteiger partial charge < -0.3 is 10.6 Å². The van der Waals surface area contributed by atoms with E-state index in [1.807, 2.05) is 12.1 Å². The molecule has 1 fully saturated rings. The van der Waals surface area contributed by atoms with Crippen LogP contribution < -0.4 is 10.6 Å². The van der Waals surface area contributed by atoms with E-state index < -0.39 is 0 Å². The SMILES string of the molecule is Nc1ccc(N2CCCC2)c2c1CN(O)C=N2. The summed E-state index contributed by atoms with van der Waals surface area (Å²) in [6, 6.07) is 3.94. The van der Waals surface area contributed by atoms with Crippen molar-refractivity contribution in [3.63, 3.8) is 0 Å². The highest BCUT2D eigenvalue weighted by molar-refractivity contribution is 5.82. The first-order chi connectivity index (χ1) is 8.25. The molecule has 0 amide bonds. The molecule has 17 heavy (non-hydrogen) atoms. The molecule has 0 radical (unpaired) electrons. The van der Waals surface area contributed by atoms with E-state index in [0.29, 0.717) is 12.2 Å². The highest BCUT2D eigenvalue weighted by Gasteiger charge is 2.21. The van der Waals surface area contributed by atoms with Crippen LogP contribution in [0.1, 0.15) is 18.4 Å². The lowest BCUT2D eigenvalue weighted by atomic mass is 10.1. The zero-order chi connectivity index (χ0) is 11.8. The summed E-state index contributed by atoms with van der Waals surface area (Å²) in [4.78, 5) is 6.64. The number of fused-ring (bicyclic) bond motifs is 1. The number of hydroxylamine groups is 2. The lowest BCUT2D eigenvalue weighted by Gasteiger charge is -2.26. The van der Waals surface area contributed by atoms with E-state index >= 15 is 0 Å². The van der Waals surface area contributed by atoms with Gasteiger partial charge in [0.1, 0.15) is 6.34 Å². The van der Waals surface area contributed by atoms with Gasteiger partial charge in [-0.1, -0.05) is 0 Å². The summed E-state index contributed by atoms with van der Waals surface area (Å²) in [5.74, 6) is 0. The van der Waals surface area contributed by atoms with Gasteiger partial charge in [-0.05, 0) is 25.0 Å². The van der Waals surface area contributed by atoms with Crippen LogP contribution in [0.2, 0.25) is 0 Å². The molecule has 1 saturated heterocycles. The smallest absolute Gasteiger partial charge is 0.116 e. The first-order valence-electron chi connectivity index (χ1n) is 5.92. The molecule has 1 aromatic rings. The number of rotatable bonds is 1. The Kier molecular flexibility index (Phi) is 2.40. The Bertz CT molecular complexity index is 466. The second kappa shape index (κ2) is 3.92. The maximum Gasteiger partial charge on any atom is 0.116 e. The summed E-state index contributed by atoms with van der Waals surface area (Å²) in [5, 5.41) is 10.5. The molecular formula is C12H16N4O. The topological polar surface area (TPSA) is 65.1 Å². The molecule has 0 unspecified atom stereocenters. The lowest BCUT2D eigenvalue weighted by Crippen LogP contribution is -2.23. The van der Waals surface area contributed by atoms with Crippen LogP contribution in [0.5, 0.6) is 0 Å². The molecule has 0 atom stereocenters. The Hall–Kier alpha value is -1.75. The second-order valence-electron chi connectivity index (χ2n) is 4.54. The molecule has 0 saturated carbocycles. The molecule has 0 aromatic heterocycles. The van der Waals surface area contributed by atoms with Crippen molar-refractivity contribution < 1.29 is 5.21 Å². The summed E-state index contributed by atoms with van der Waals surface area (Å²) in [7, 11) is 0. The standard InChI is InChI=1S/C12H16N4O/c13-10-3-4-11(15-5-1-2-6-15)12-9(10)7-16(17)8-14-12/h3-4,8,17H,1-2,5-7,13H2. The zero-order valence-electron chi connectivity index (χ0n) is 9.63. The molecule has 2 aliphatic heterocycles. The number of nitrogens with two attached hydrogens (primary N) is 1. The van der Waals surface area contributed by atoms with Gasteiger partial charge in [0.25, 0.3) is 0 Å². The van der Waals surface area contributed by atoms with Crippen LogP contribution in [0.25, 0.3) is 0 Å². The van der Waals surface area contributed by atoms with Crippen molar-refractivity contribution in [2.75, 3.05) is 23.7 Å². The highest BCUT2D eigenvalue weighted by Crippen LogP contribution is 2.39. The summed E-state index contributed by atoms with van der Waals surface area (Å²) >= 11 is 0. The van der Waals surface area contributed by atoms with Crippen LogP contribution in [-0.4, -0.2) is 29.7 Å². The summed E-state index contributed by atoms with van der Waals surface area (Å²) in [6.45, 7) is 2.57. The van der Waals surface area contributed by atoms with Crippen molar-refractivity contribution in [2.24, 2.45) is 4.99 Å². The van der Waals surface area contributed by atoms with E-state index in [0.717, 1.165) is 35.1 Å². The van der Waals surface area contributed by atoms with E-state index in [1.54, 1.807) is 0 Å². The van der Waals surface area contributed by atoms with Crippen LogP contribution in [0.4, 0.5) is 17.1 Å². The Morgan fingerprint density at radius 1 is 1.24 bits per heavy atom. The van der Waals surface area contributed by atoms with E-state index in [4.69, 9.17) is 5.73 Å². The summed E-state index contributed by atoms with van der Waals surface area (Å²) in [5.41, 5.74) is 9.60. The van der Waals surface area contributed by atoms with Gasteiger partial charge in [-0.15, -0.1) is 0 Å². The molecular weight excluding hydrogens is 216 g/mol. The van der Waals surface area contributed by atoms with Gasteiger partial charge in [-0.2, -0.15) is 0 Å². The van der Waals surface area contributed by atoms with Crippen molar-refractivity contribution in [2.45, 2.75) is 19.4 Å². The Morgan fingerprint density at radius 3 is 2.76 bits per heavy atom. The first kappa shape index (κ1) is 10.4. The molecule has 0 spiro atoms. The Balaban J connectivity index is 2.07. The fourth-order valence-corrected chi connectivity index (χ4v) is 2.49. The predicted molar refractivity (Wildman–Crippen MR) is 67.8 cm³/mol. The van der Waals surface area contributed by atoms with Crippen LogP contribution in [0.15, 0.2) is 17.1 Å². The van der Waals surface area contributed by atoms with Crippen LogP contribution in [0, 0.1) is 0 Å². The molecule has 1 aromatic carbocycles. The number of nitrogen functional groups attached to an aromatic ring is 1. The molecule has 2 heterocycles. The summed E-state index contributed by atoms with van der Waals surface area (Å²) < 4.78 is 0. The van der Waals surface area contributed by atoms with Gasteiger partial charge in [0, 0.05) is 24.3 Å². The largest absolute Gasteiger partial charge is 0.398 e. The zero-order valence-corrected chi connectivity index (χ0v) is 9.63. The number of hydrogen-bond acceptors (Lipinski definition) is 5. The number of nitrogens with zero attached hydrogens (tertiary/aromatic N) is 3. The summed E-state index contributed by atoms with van der Waals surface area (Å²) in [6.07, 6.45) is 3.91. The Morgan fingerprint density at radius 2 is 2.00 bits per heavy atom. The fraction of sp³-hybridized carbons (Fsp3) is 0.417. The van der Waals surface area contributed by atoms with Crippen molar-refractivity contribution in [3.05, 3.63) is 17.7 Å². The quantitative estimate of drug-likeness (QED) is 0.724. The number of anilines is 2. The average Bonchev–Trinajstić information content (AvgIpc) is 2.84. The van der Waals surface area contributed by atoms with Crippen molar-refractivity contribution in [1.29, 1.82) is 0 Å². The van der Waals surface area contributed by atoms with Crippen molar-refractivity contribution >= 4 is 23.4 Å². The predicted octanol–water partition coefficient (Wildman–Crippen LogP) is 1.73. The van der Waals surface area contributed by atoms with Gasteiger partial charge in [0.15, 0.2) is 0 Å². The monoisotopic (exact) mass is 232 g/mol. The van der Waals surface area contributed by atoms with Crippen molar-refractivity contribution in [3.8, 4) is 0 Å². The first-order valence-corrected chi connectivity index (χ1v) is 5.92. The fourth-order valence-electron chi connectivity index (χ4n) is 2.49. The minimum Gasteiger partial charge on any atom is -0.398 e. The minimum atomic E-state index is 0.409. The van der Waals surface area contributed by atoms with E-state index in [9.17, 15) is 5.21 Å². The molecule has 90 valence electrons. The van der Waals surface area contributed by atoms with Gasteiger partial charge in [0.2, 0.25) is 0 Å². The molecule has 0 aliphatic carbocycles. The normalized spacial score (nSPS) is 18.6. The lowest BCUT2D eigenvalue weighted by molar-refractivity contribution is -0.0176. The maximum atomic E-state index is 9.45. The third-order valence-electron chi connectivity index (χ3n) is 3.38. The van der Waals surface area contributed by atoms with Crippen molar-refractivity contribution in [1.82, 2.24) is 5.06 Å². The number of benzene rings is 1. The molecule has 2 aliphatic rings. The van der Waals surface area contributed by atoms with Gasteiger partial charge in [0.05, 0.1) is 17.9 Å². The minimum absolute atomic E-state index is 0.409. The molecule has 3 rings (SSSR count). The average molecular weight is 232 g/mol. The number of aliphatic imine (C=N–C) groups is 1. The van der Waals surface area contributed by atoms with E-state index in [-0.39, 0.29) is 0 Å². The molecule has 5 heteroatoms. The van der Waals surface area contributed by atoms with Crippen LogP contribution in [-0.2, 0) is 6.54 Å². The third kappa shape index (κ3) is 1.72. The van der Waals surface area contributed by atoms with E-state index in [1.165, 1.54) is 19.2 Å². The molecule has 5 nitrogen and oxygen atoms in total. The Labute approximate surface area is 100 Å². The second-order valence-corrected chi connectivity index (χ2v) is 4.54. The highest BCUT2D eigenvalue weighted by atomic mass is 16.5. The van der Waals surface area contributed by atoms with E-state index in [2.05, 4.69) is 9.89 Å². The van der Waals surface area contributed by atoms with Crippen LogP contribution in [0.3, 0.4) is 0 Å². The third-order valence-corrected chi connectivity index (χ3v) is 3.38.